The normalized spacial score (nSPS) is 21.1. The average Bonchev–Trinajstić information content (AvgIpc) is 2.25. The van der Waals surface area contributed by atoms with Crippen molar-refractivity contribution in [1.29, 1.82) is 0 Å². The Bertz CT molecular complexity index is 244. The largest absolute Gasteiger partial charge is 0.480 e. The Labute approximate surface area is 87.9 Å². The van der Waals surface area contributed by atoms with Crippen LogP contribution in [0.3, 0.4) is 0 Å². The van der Waals surface area contributed by atoms with Crippen LogP contribution >= 0.6 is 0 Å². The third kappa shape index (κ3) is 3.39. The monoisotopic (exact) mass is 216 g/mol. The molecule has 1 saturated heterocycles. The minimum atomic E-state index is -1.07. The van der Waals surface area contributed by atoms with E-state index >= 15 is 0 Å². The molecule has 0 aromatic carbocycles. The number of hydrogen-bond donors (Lipinski definition) is 3. The lowest BCUT2D eigenvalue weighted by Crippen LogP contribution is -2.50. The predicted molar refractivity (Wildman–Crippen MR) is 52.5 cm³/mol. The van der Waals surface area contributed by atoms with E-state index in [1.165, 1.54) is 4.90 Å². The van der Waals surface area contributed by atoms with Crippen LogP contribution in [-0.2, 0) is 4.79 Å². The highest BCUT2D eigenvalue weighted by molar-refractivity contribution is 5.80. The zero-order valence-electron chi connectivity index (χ0n) is 8.48. The minimum Gasteiger partial charge on any atom is -0.480 e. The van der Waals surface area contributed by atoms with Gasteiger partial charge in [-0.25, -0.2) is 4.79 Å². The van der Waals surface area contributed by atoms with Gasteiger partial charge in [-0.2, -0.15) is 0 Å². The molecule has 1 fully saturated rings. The van der Waals surface area contributed by atoms with Crippen molar-refractivity contribution >= 4 is 12.0 Å². The summed E-state index contributed by atoms with van der Waals surface area (Å²) in [6.45, 7) is 0.130. The molecule has 0 spiro atoms. The maximum absolute atomic E-state index is 11.5. The Hall–Kier alpha value is -1.30. The summed E-state index contributed by atoms with van der Waals surface area (Å²) in [5, 5.41) is 19.7. The first-order chi connectivity index (χ1) is 7.15. The molecule has 3 N–H and O–H groups in total. The molecule has 0 bridgehead atoms. The molecule has 2 amide bonds. The van der Waals surface area contributed by atoms with E-state index in [-0.39, 0.29) is 19.2 Å². The summed E-state index contributed by atoms with van der Waals surface area (Å²) in [6, 6.07) is -0.580. The number of likely N-dealkylation sites (tertiary alicyclic amines) is 1. The highest BCUT2D eigenvalue weighted by Crippen LogP contribution is 2.16. The van der Waals surface area contributed by atoms with Gasteiger partial charge in [0.1, 0.15) is 6.54 Å². The third-order valence-electron chi connectivity index (χ3n) is 2.49. The van der Waals surface area contributed by atoms with Crippen LogP contribution in [0, 0.1) is 0 Å². The van der Waals surface area contributed by atoms with Crippen LogP contribution in [0.4, 0.5) is 4.79 Å². The van der Waals surface area contributed by atoms with Gasteiger partial charge >= 0.3 is 12.0 Å². The molecule has 6 nitrogen and oxygen atoms in total. The predicted octanol–water partition coefficient (Wildman–Crippen LogP) is -0.373. The van der Waals surface area contributed by atoms with Crippen molar-refractivity contribution < 1.29 is 19.8 Å². The highest BCUT2D eigenvalue weighted by Gasteiger charge is 2.25. The number of aliphatic hydroxyl groups excluding tert-OH is 1. The molecule has 1 rings (SSSR count). The second-order valence-corrected chi connectivity index (χ2v) is 3.58. The van der Waals surface area contributed by atoms with Gasteiger partial charge in [0.2, 0.25) is 0 Å². The fraction of sp³-hybridized carbons (Fsp3) is 0.778. The minimum absolute atomic E-state index is 0.0690. The molecular formula is C9H16N2O4. The molecular weight excluding hydrogens is 200 g/mol. The van der Waals surface area contributed by atoms with Crippen molar-refractivity contribution in [2.45, 2.75) is 25.3 Å². The molecule has 1 unspecified atom stereocenters. The second kappa shape index (κ2) is 5.55. The van der Waals surface area contributed by atoms with Crippen molar-refractivity contribution in [2.24, 2.45) is 0 Å². The summed E-state index contributed by atoms with van der Waals surface area (Å²) in [5.41, 5.74) is 0. The number of nitrogens with zero attached hydrogens (tertiary/aromatic N) is 1. The Morgan fingerprint density at radius 3 is 2.73 bits per heavy atom. The van der Waals surface area contributed by atoms with E-state index in [2.05, 4.69) is 5.32 Å². The maximum atomic E-state index is 11.5. The molecule has 1 atom stereocenters. The van der Waals surface area contributed by atoms with Crippen LogP contribution in [0.2, 0.25) is 0 Å². The zero-order valence-corrected chi connectivity index (χ0v) is 8.48. The van der Waals surface area contributed by atoms with Crippen LogP contribution in [-0.4, -0.2) is 52.9 Å². The Balaban J connectivity index is 2.44. The van der Waals surface area contributed by atoms with Gasteiger partial charge in [-0.05, 0) is 19.3 Å². The standard InChI is InChI=1S/C9H16N2O4/c12-6-7-3-1-2-4-11(7)9(15)10-5-8(13)14/h7,12H,1-6H2,(H,10,15)(H,13,14). The van der Waals surface area contributed by atoms with E-state index in [4.69, 9.17) is 10.2 Å². The lowest BCUT2D eigenvalue weighted by atomic mass is 10.0. The van der Waals surface area contributed by atoms with Crippen LogP contribution in [0.15, 0.2) is 0 Å². The van der Waals surface area contributed by atoms with E-state index in [1.54, 1.807) is 0 Å². The SMILES string of the molecule is O=C(O)CNC(=O)N1CCCCC1CO. The van der Waals surface area contributed by atoms with Crippen LogP contribution in [0.5, 0.6) is 0 Å². The van der Waals surface area contributed by atoms with Crippen LogP contribution in [0.25, 0.3) is 0 Å². The molecule has 1 aliphatic rings. The highest BCUT2D eigenvalue weighted by atomic mass is 16.4. The lowest BCUT2D eigenvalue weighted by molar-refractivity contribution is -0.135. The van der Waals surface area contributed by atoms with Gasteiger partial charge in [0.05, 0.1) is 12.6 Å². The molecule has 0 aliphatic carbocycles. The first-order valence-corrected chi connectivity index (χ1v) is 5.02. The molecule has 0 saturated carbocycles. The summed E-state index contributed by atoms with van der Waals surface area (Å²) >= 11 is 0. The van der Waals surface area contributed by atoms with Gasteiger partial charge < -0.3 is 20.4 Å². The van der Waals surface area contributed by atoms with E-state index in [1.807, 2.05) is 0 Å². The average molecular weight is 216 g/mol. The number of rotatable bonds is 3. The van der Waals surface area contributed by atoms with E-state index in [0.717, 1.165) is 19.3 Å². The maximum Gasteiger partial charge on any atom is 0.323 e. The number of urea groups is 1. The van der Waals surface area contributed by atoms with Crippen molar-refractivity contribution in [1.82, 2.24) is 10.2 Å². The first kappa shape index (κ1) is 11.8. The molecule has 1 aliphatic heterocycles. The number of hydrogen-bond acceptors (Lipinski definition) is 3. The molecule has 86 valence electrons. The smallest absolute Gasteiger partial charge is 0.323 e. The number of nitrogens with one attached hydrogen (secondary N) is 1. The van der Waals surface area contributed by atoms with Gasteiger partial charge in [0, 0.05) is 6.54 Å². The van der Waals surface area contributed by atoms with Gasteiger partial charge in [0.15, 0.2) is 0 Å². The molecule has 6 heteroatoms. The number of carbonyl (C=O) groups is 2. The zero-order chi connectivity index (χ0) is 11.3. The van der Waals surface area contributed by atoms with Crippen molar-refractivity contribution in [2.75, 3.05) is 19.7 Å². The number of piperidine rings is 1. The Morgan fingerprint density at radius 2 is 2.13 bits per heavy atom. The number of carboxylic acids is 1. The molecule has 15 heavy (non-hydrogen) atoms. The third-order valence-corrected chi connectivity index (χ3v) is 2.49. The van der Waals surface area contributed by atoms with Crippen molar-refractivity contribution in [3.05, 3.63) is 0 Å². The number of carbonyl (C=O) groups excluding carboxylic acids is 1. The summed E-state index contributed by atoms with van der Waals surface area (Å²) in [5.74, 6) is -1.07. The Morgan fingerprint density at radius 1 is 1.40 bits per heavy atom. The quantitative estimate of drug-likeness (QED) is 0.600. The summed E-state index contributed by atoms with van der Waals surface area (Å²) < 4.78 is 0. The first-order valence-electron chi connectivity index (χ1n) is 5.02. The summed E-state index contributed by atoms with van der Waals surface area (Å²) in [7, 11) is 0. The molecule has 0 aromatic heterocycles. The number of aliphatic hydroxyl groups is 1. The van der Waals surface area contributed by atoms with Gasteiger partial charge in [0.25, 0.3) is 0 Å². The number of carboxylic acid groups (broad SMARTS) is 1. The molecule has 0 radical (unpaired) electrons. The molecule has 0 aromatic rings. The van der Waals surface area contributed by atoms with Crippen molar-refractivity contribution in [3.8, 4) is 0 Å². The van der Waals surface area contributed by atoms with E-state index < -0.39 is 12.0 Å². The van der Waals surface area contributed by atoms with Gasteiger partial charge in [-0.3, -0.25) is 4.79 Å². The summed E-state index contributed by atoms with van der Waals surface area (Å²) in [6.07, 6.45) is 2.67. The van der Waals surface area contributed by atoms with E-state index in [9.17, 15) is 9.59 Å². The fourth-order valence-corrected chi connectivity index (χ4v) is 1.71. The summed E-state index contributed by atoms with van der Waals surface area (Å²) in [4.78, 5) is 23.3. The number of aliphatic carboxylic acids is 1. The molecule has 1 heterocycles. The van der Waals surface area contributed by atoms with E-state index in [0.29, 0.717) is 6.54 Å². The van der Waals surface area contributed by atoms with Crippen LogP contribution < -0.4 is 5.32 Å². The topological polar surface area (TPSA) is 89.9 Å². The van der Waals surface area contributed by atoms with Crippen LogP contribution in [0.1, 0.15) is 19.3 Å². The second-order valence-electron chi connectivity index (χ2n) is 3.58. The van der Waals surface area contributed by atoms with Crippen molar-refractivity contribution in [3.63, 3.8) is 0 Å². The lowest BCUT2D eigenvalue weighted by Gasteiger charge is -2.34. The fourth-order valence-electron chi connectivity index (χ4n) is 1.71. The van der Waals surface area contributed by atoms with Gasteiger partial charge in [-0.1, -0.05) is 0 Å². The number of amides is 2. The van der Waals surface area contributed by atoms with Gasteiger partial charge in [-0.15, -0.1) is 0 Å². The Kier molecular flexibility index (Phi) is 4.36.